The van der Waals surface area contributed by atoms with Crippen LogP contribution in [0.15, 0.2) is 249 Å². The SMILES string of the molecule is CC(C)(C)c1ccnc(-n2c3[c-]c(Oc4[c-]c(-n5[c-][n+]6c7c(cccc75)-c5ccccc5-c5ccc(-c7ccc8c(c7)C7(c9ccccc9-c9ccccc97)c7ccccc7-8)cc5-c5ccccc5-6)ccc4)ccc3c3ccccc32)c1.[Pt]. The molecule has 1 spiro atoms. The van der Waals surface area contributed by atoms with E-state index in [2.05, 4.69) is 277 Å². The number of hydrogen-bond acceptors (Lipinski definition) is 2. The Morgan fingerprint density at radius 1 is 0.446 bits per heavy atom. The van der Waals surface area contributed by atoms with Crippen molar-refractivity contribution in [3.8, 4) is 95.5 Å². The van der Waals surface area contributed by atoms with E-state index >= 15 is 0 Å². The topological polar surface area (TPSA) is 35.9 Å². The predicted molar refractivity (Wildman–Crippen MR) is 330 cm³/mol. The summed E-state index contributed by atoms with van der Waals surface area (Å²) in [5.74, 6) is 2.00. The number of rotatable bonds is 5. The molecule has 0 unspecified atom stereocenters. The molecule has 83 heavy (non-hydrogen) atoms. The van der Waals surface area contributed by atoms with Crippen molar-refractivity contribution in [1.29, 1.82) is 0 Å². The standard InChI is InChI=1S/C77H50N4O.Pt/c1-76(2,3)50-40-41-78-74(44-50)81-71-32-15-10-25-61(71)63-39-36-53(46-73(63)81)82-52-19-16-18-51(45-52)79-47-80-70-31-14-9-26-62(70)65-42-48(34-37-56(65)54-20-4-5-21-55(54)64-27-17-33-72(79)75(64)80)49-35-38-60-59-24-8-13-30-68(59)77(69(60)43-49)66-28-11-6-22-57(66)58-23-7-12-29-67(58)77;/h4-44H,1-3H3;/q-2;. The number of para-hydroxylation sites is 3. The van der Waals surface area contributed by atoms with E-state index in [1.54, 1.807) is 0 Å². The minimum Gasteiger partial charge on any atom is -0.510 e. The first-order chi connectivity index (χ1) is 40.3. The maximum atomic E-state index is 6.76. The largest absolute Gasteiger partial charge is 0.510 e. The van der Waals surface area contributed by atoms with E-state index in [-0.39, 0.29) is 26.5 Å². The Balaban J connectivity index is 0.00000565. The molecule has 0 saturated carbocycles. The van der Waals surface area contributed by atoms with Crippen molar-refractivity contribution in [1.82, 2.24) is 14.1 Å². The molecule has 0 atom stereocenters. The second kappa shape index (κ2) is 18.4. The molecule has 0 saturated heterocycles. The van der Waals surface area contributed by atoms with Crippen LogP contribution in [0.2, 0.25) is 0 Å². The molecule has 2 aliphatic carbocycles. The smallest absolute Gasteiger partial charge is 0.268 e. The molecule has 3 aliphatic rings. The molecule has 3 aromatic heterocycles. The van der Waals surface area contributed by atoms with Crippen molar-refractivity contribution < 1.29 is 30.4 Å². The Labute approximate surface area is 496 Å². The van der Waals surface area contributed by atoms with Crippen molar-refractivity contribution in [3.05, 3.63) is 295 Å². The van der Waals surface area contributed by atoms with Gasteiger partial charge in [0.05, 0.1) is 22.1 Å². The van der Waals surface area contributed by atoms with E-state index < -0.39 is 5.41 Å². The van der Waals surface area contributed by atoms with Crippen molar-refractivity contribution >= 4 is 32.8 Å². The number of aromatic nitrogens is 4. The first-order valence-corrected chi connectivity index (χ1v) is 28.2. The fraction of sp³-hybridized carbons (Fsp3) is 0.0649. The molecule has 0 bridgehead atoms. The zero-order valence-corrected chi connectivity index (χ0v) is 48.0. The van der Waals surface area contributed by atoms with Gasteiger partial charge in [-0.3, -0.25) is 4.57 Å². The summed E-state index contributed by atoms with van der Waals surface area (Å²) < 4.78 is 13.3. The molecule has 0 fully saturated rings. The van der Waals surface area contributed by atoms with Crippen molar-refractivity contribution in [2.45, 2.75) is 31.6 Å². The summed E-state index contributed by atoms with van der Waals surface area (Å²) in [5, 5.41) is 2.21. The fourth-order valence-corrected chi connectivity index (χ4v) is 14.0. The summed E-state index contributed by atoms with van der Waals surface area (Å²) in [7, 11) is 0. The van der Waals surface area contributed by atoms with E-state index in [0.717, 1.165) is 77.8 Å². The third-order valence-electron chi connectivity index (χ3n) is 17.6. The zero-order valence-electron chi connectivity index (χ0n) is 45.7. The van der Waals surface area contributed by atoms with Gasteiger partial charge in [-0.2, -0.15) is 18.2 Å². The quantitative estimate of drug-likeness (QED) is 0.127. The van der Waals surface area contributed by atoms with Gasteiger partial charge in [-0.25, -0.2) is 4.98 Å². The van der Waals surface area contributed by atoms with E-state index in [1.807, 2.05) is 24.4 Å². The van der Waals surface area contributed by atoms with E-state index in [9.17, 15) is 0 Å². The summed E-state index contributed by atoms with van der Waals surface area (Å²) in [6, 6.07) is 95.9. The number of fused-ring (bicyclic) bond motifs is 20. The Morgan fingerprint density at radius 2 is 1.01 bits per heavy atom. The van der Waals surface area contributed by atoms with Gasteiger partial charge >= 0.3 is 0 Å². The van der Waals surface area contributed by atoms with Crippen LogP contribution in [0, 0.1) is 18.5 Å². The minimum absolute atomic E-state index is 0. The Kier molecular flexibility index (Phi) is 10.9. The molecule has 14 aromatic rings. The van der Waals surface area contributed by atoms with Crippen molar-refractivity contribution in [2.75, 3.05) is 0 Å². The Bertz CT molecular complexity index is 4970. The molecular weight excluding hydrogens is 1190 g/mol. The number of nitrogens with zero attached hydrogens (tertiary/aromatic N) is 4. The van der Waals surface area contributed by atoms with Crippen LogP contribution in [-0.4, -0.2) is 14.1 Å². The van der Waals surface area contributed by atoms with Gasteiger partial charge in [0, 0.05) is 44.3 Å². The summed E-state index contributed by atoms with van der Waals surface area (Å²) in [5.41, 5.74) is 26.3. The van der Waals surface area contributed by atoms with Gasteiger partial charge in [-0.1, -0.05) is 202 Å². The summed E-state index contributed by atoms with van der Waals surface area (Å²) in [6.07, 6.45) is 5.79. The molecular formula is C77H50N4OPt-2. The van der Waals surface area contributed by atoms with Crippen LogP contribution < -0.4 is 9.30 Å². The molecule has 6 heteroatoms. The van der Waals surface area contributed by atoms with Gasteiger partial charge in [0.25, 0.3) is 6.33 Å². The monoisotopic (exact) mass is 1240 g/mol. The first-order valence-electron chi connectivity index (χ1n) is 28.2. The molecule has 5 nitrogen and oxygen atoms in total. The van der Waals surface area contributed by atoms with Crippen LogP contribution in [0.4, 0.5) is 0 Å². The summed E-state index contributed by atoms with van der Waals surface area (Å²) >= 11 is 0. The molecule has 11 aromatic carbocycles. The molecule has 0 radical (unpaired) electrons. The summed E-state index contributed by atoms with van der Waals surface area (Å²) in [6.45, 7) is 6.69. The van der Waals surface area contributed by atoms with Gasteiger partial charge < -0.3 is 13.9 Å². The number of pyridine rings is 1. The van der Waals surface area contributed by atoms with Gasteiger partial charge in [0.2, 0.25) is 0 Å². The van der Waals surface area contributed by atoms with E-state index in [4.69, 9.17) is 9.72 Å². The zero-order chi connectivity index (χ0) is 54.4. The third-order valence-corrected chi connectivity index (χ3v) is 17.6. The van der Waals surface area contributed by atoms with Crippen LogP contribution in [0.3, 0.4) is 0 Å². The molecule has 4 heterocycles. The average molecular weight is 1240 g/mol. The number of ether oxygens (including phenoxy) is 1. The number of imidazole rings is 1. The normalized spacial score (nSPS) is 13.0. The predicted octanol–water partition coefficient (Wildman–Crippen LogP) is 18.2. The van der Waals surface area contributed by atoms with Crippen LogP contribution in [0.25, 0.3) is 117 Å². The van der Waals surface area contributed by atoms with Crippen molar-refractivity contribution in [3.63, 3.8) is 0 Å². The fourth-order valence-electron chi connectivity index (χ4n) is 14.0. The van der Waals surface area contributed by atoms with Crippen LogP contribution in [-0.2, 0) is 31.9 Å². The van der Waals surface area contributed by atoms with Gasteiger partial charge in [0.1, 0.15) is 5.82 Å². The van der Waals surface area contributed by atoms with Crippen molar-refractivity contribution in [2.24, 2.45) is 0 Å². The van der Waals surface area contributed by atoms with Crippen LogP contribution in [0.1, 0.15) is 48.6 Å². The number of hydrogen-bond donors (Lipinski definition) is 0. The maximum absolute atomic E-state index is 6.76. The van der Waals surface area contributed by atoms with Gasteiger partial charge in [-0.15, -0.1) is 29.7 Å². The second-order valence-corrected chi connectivity index (χ2v) is 23.0. The minimum atomic E-state index is -0.436. The maximum Gasteiger partial charge on any atom is 0.268 e. The second-order valence-electron chi connectivity index (χ2n) is 23.0. The first kappa shape index (κ1) is 49.2. The van der Waals surface area contributed by atoms with Crippen LogP contribution in [0.5, 0.6) is 11.5 Å². The Hall–Kier alpha value is -9.67. The third kappa shape index (κ3) is 7.17. The molecule has 17 rings (SSSR count). The molecule has 0 amide bonds. The van der Waals surface area contributed by atoms with E-state index in [0.29, 0.717) is 11.5 Å². The number of benzene rings is 11. The molecule has 1 aliphatic heterocycles. The van der Waals surface area contributed by atoms with Crippen LogP contribution >= 0.6 is 0 Å². The van der Waals surface area contributed by atoms with E-state index in [1.165, 1.54) is 66.8 Å². The van der Waals surface area contributed by atoms with Gasteiger partial charge in [-0.05, 0) is 147 Å². The summed E-state index contributed by atoms with van der Waals surface area (Å²) in [4.78, 5) is 4.90. The average Bonchev–Trinajstić information content (AvgIpc) is 1.67. The molecule has 396 valence electrons. The Morgan fingerprint density at radius 3 is 1.75 bits per heavy atom. The molecule has 0 N–H and O–H groups in total. The van der Waals surface area contributed by atoms with Gasteiger partial charge in [0.15, 0.2) is 0 Å².